The number of nitrogens with zero attached hydrogens (tertiary/aromatic N) is 2. The largest absolute Gasteiger partial charge is 0.461 e. The molecule has 1 aliphatic rings. The molecule has 0 saturated carbocycles. The second-order valence-corrected chi connectivity index (χ2v) is 9.82. The Morgan fingerprint density at radius 2 is 1.55 bits per heavy atom. The first kappa shape index (κ1) is 25.3. The summed E-state index contributed by atoms with van der Waals surface area (Å²) in [7, 11) is 0. The number of carbonyl (C=O) groups excluding carboxylic acids is 2. The van der Waals surface area contributed by atoms with E-state index in [1.807, 2.05) is 78.9 Å². The molecule has 0 saturated heterocycles. The molecule has 1 aromatic heterocycles. The Morgan fingerprint density at radius 1 is 0.875 bits per heavy atom. The number of benzene rings is 4. The summed E-state index contributed by atoms with van der Waals surface area (Å²) in [6, 6.07) is 35.4. The molecule has 1 heterocycles. The quantitative estimate of drug-likeness (QED) is 0.235. The molecular formula is C34H29N3O3. The van der Waals surface area contributed by atoms with Crippen molar-refractivity contribution in [2.75, 3.05) is 6.61 Å². The zero-order chi connectivity index (χ0) is 27.5. The Hall–Kier alpha value is -4.97. The van der Waals surface area contributed by atoms with Gasteiger partial charge in [0.25, 0.3) is 5.91 Å². The summed E-state index contributed by atoms with van der Waals surface area (Å²) in [5.74, 6) is -0.578. The van der Waals surface area contributed by atoms with Crippen molar-refractivity contribution >= 4 is 11.9 Å². The second-order valence-electron chi connectivity index (χ2n) is 9.82. The third-order valence-electron chi connectivity index (χ3n) is 7.26. The molecule has 1 aliphatic carbocycles. The van der Waals surface area contributed by atoms with Gasteiger partial charge in [-0.1, -0.05) is 84.9 Å². The molecule has 6 heteroatoms. The number of fused-ring (bicyclic) bond motifs is 3. The first-order valence-corrected chi connectivity index (χ1v) is 13.5. The van der Waals surface area contributed by atoms with E-state index >= 15 is 0 Å². The number of carbonyl (C=O) groups is 2. The van der Waals surface area contributed by atoms with Crippen LogP contribution in [0.5, 0.6) is 0 Å². The minimum atomic E-state index is -0.424. The molecule has 198 valence electrons. The normalized spacial score (nSPS) is 12.3. The van der Waals surface area contributed by atoms with Crippen LogP contribution in [-0.4, -0.2) is 28.3 Å². The van der Waals surface area contributed by atoms with Crippen molar-refractivity contribution in [2.24, 2.45) is 0 Å². The average molecular weight is 528 g/mol. The molecule has 40 heavy (non-hydrogen) atoms. The summed E-state index contributed by atoms with van der Waals surface area (Å²) in [5.41, 5.74) is 7.81. The number of ether oxygens (including phenoxy) is 1. The number of amides is 1. The maximum absolute atomic E-state index is 13.4. The molecule has 1 atom stereocenters. The van der Waals surface area contributed by atoms with Crippen LogP contribution in [0.25, 0.3) is 16.9 Å². The number of hydrogen-bond donors (Lipinski definition) is 1. The number of nitrogens with one attached hydrogen (secondary N) is 1. The lowest BCUT2D eigenvalue weighted by atomic mass is 9.98. The lowest BCUT2D eigenvalue weighted by molar-refractivity contribution is 0.0517. The zero-order valence-electron chi connectivity index (χ0n) is 22.2. The average Bonchev–Trinajstić information content (AvgIpc) is 3.56. The van der Waals surface area contributed by atoms with E-state index < -0.39 is 5.97 Å². The van der Waals surface area contributed by atoms with Crippen molar-refractivity contribution < 1.29 is 14.3 Å². The molecule has 0 unspecified atom stereocenters. The highest BCUT2D eigenvalue weighted by atomic mass is 16.5. The number of aromatic nitrogens is 2. The minimum absolute atomic E-state index is 0.153. The monoisotopic (exact) mass is 527 g/mol. The molecule has 0 bridgehead atoms. The van der Waals surface area contributed by atoms with Gasteiger partial charge in [0.2, 0.25) is 0 Å². The first-order chi connectivity index (χ1) is 19.6. The summed E-state index contributed by atoms with van der Waals surface area (Å²) < 4.78 is 7.09. The molecule has 5 aromatic rings. The summed E-state index contributed by atoms with van der Waals surface area (Å²) >= 11 is 0. The van der Waals surface area contributed by atoms with Gasteiger partial charge in [-0.2, -0.15) is 5.10 Å². The maximum Gasteiger partial charge on any atom is 0.359 e. The van der Waals surface area contributed by atoms with Crippen molar-refractivity contribution in [3.8, 4) is 16.9 Å². The molecule has 0 fully saturated rings. The number of hydrogen-bond acceptors (Lipinski definition) is 4. The standard InChI is InChI=1S/C34H29N3O3/c1-2-40-34(39)31-29-22-26-15-9-10-16-28(26)32(29)37(36-31)27-19-17-25(18-20-27)33(38)35-30(24-13-7-4-8-14-24)21-23-11-5-3-6-12-23/h3-20,30H,2,21-22H2,1H3,(H,35,38)/t30-/m0/s1. The van der Waals surface area contributed by atoms with Crippen LogP contribution in [0, 0.1) is 0 Å². The van der Waals surface area contributed by atoms with E-state index in [-0.39, 0.29) is 18.6 Å². The summed E-state index contributed by atoms with van der Waals surface area (Å²) in [4.78, 5) is 26.1. The fourth-order valence-corrected chi connectivity index (χ4v) is 5.32. The van der Waals surface area contributed by atoms with Crippen molar-refractivity contribution in [3.63, 3.8) is 0 Å². The van der Waals surface area contributed by atoms with Crippen molar-refractivity contribution in [3.05, 3.63) is 143 Å². The predicted octanol–water partition coefficient (Wildman–Crippen LogP) is 6.33. The topological polar surface area (TPSA) is 73.2 Å². The van der Waals surface area contributed by atoms with E-state index in [4.69, 9.17) is 4.74 Å². The Bertz CT molecular complexity index is 1660. The van der Waals surface area contributed by atoms with Gasteiger partial charge in [-0.05, 0) is 54.3 Å². The summed E-state index contributed by atoms with van der Waals surface area (Å²) in [6.07, 6.45) is 1.31. The van der Waals surface area contributed by atoms with Gasteiger partial charge in [-0.3, -0.25) is 4.79 Å². The lowest BCUT2D eigenvalue weighted by Gasteiger charge is -2.20. The summed E-state index contributed by atoms with van der Waals surface area (Å²) in [6.45, 7) is 2.07. The zero-order valence-corrected chi connectivity index (χ0v) is 22.2. The van der Waals surface area contributed by atoms with Gasteiger partial charge in [0, 0.05) is 23.1 Å². The molecular weight excluding hydrogens is 498 g/mol. The Balaban J connectivity index is 1.29. The van der Waals surface area contributed by atoms with Crippen LogP contribution in [0.3, 0.4) is 0 Å². The fraction of sp³-hybridized carbons (Fsp3) is 0.147. The number of esters is 1. The molecule has 6 rings (SSSR count). The van der Waals surface area contributed by atoms with Crippen LogP contribution in [0.4, 0.5) is 0 Å². The van der Waals surface area contributed by atoms with E-state index in [9.17, 15) is 9.59 Å². The van der Waals surface area contributed by atoms with Crippen molar-refractivity contribution in [1.82, 2.24) is 15.1 Å². The summed E-state index contributed by atoms with van der Waals surface area (Å²) in [5, 5.41) is 7.89. The van der Waals surface area contributed by atoms with Crippen LogP contribution in [0.15, 0.2) is 109 Å². The molecule has 1 N–H and O–H groups in total. The van der Waals surface area contributed by atoms with E-state index in [1.165, 1.54) is 0 Å². The fourth-order valence-electron chi connectivity index (χ4n) is 5.32. The predicted molar refractivity (Wildman–Crippen MR) is 155 cm³/mol. The van der Waals surface area contributed by atoms with Crippen LogP contribution >= 0.6 is 0 Å². The lowest BCUT2D eigenvalue weighted by Crippen LogP contribution is -2.30. The maximum atomic E-state index is 13.4. The SMILES string of the molecule is CCOC(=O)c1nn(-c2ccc(C(=O)N[C@@H](Cc3ccccc3)c3ccccc3)cc2)c2c1Cc1ccccc1-2. The van der Waals surface area contributed by atoms with Crippen LogP contribution < -0.4 is 5.32 Å². The van der Waals surface area contributed by atoms with E-state index in [0.717, 1.165) is 39.2 Å². The van der Waals surface area contributed by atoms with Crippen molar-refractivity contribution in [1.29, 1.82) is 0 Å². The molecule has 0 spiro atoms. The molecule has 4 aromatic carbocycles. The Morgan fingerprint density at radius 3 is 2.27 bits per heavy atom. The molecule has 1 amide bonds. The Kier molecular flexibility index (Phi) is 6.98. The van der Waals surface area contributed by atoms with Crippen LogP contribution in [-0.2, 0) is 17.6 Å². The van der Waals surface area contributed by atoms with Gasteiger partial charge in [-0.25, -0.2) is 9.48 Å². The molecule has 0 aliphatic heterocycles. The van der Waals surface area contributed by atoms with Crippen LogP contribution in [0.2, 0.25) is 0 Å². The number of rotatable bonds is 8. The highest BCUT2D eigenvalue weighted by Gasteiger charge is 2.31. The highest BCUT2D eigenvalue weighted by molar-refractivity contribution is 5.95. The van der Waals surface area contributed by atoms with Crippen LogP contribution in [0.1, 0.15) is 56.1 Å². The minimum Gasteiger partial charge on any atom is -0.461 e. The highest BCUT2D eigenvalue weighted by Crippen LogP contribution is 2.40. The van der Waals surface area contributed by atoms with E-state index in [0.29, 0.717) is 24.1 Å². The van der Waals surface area contributed by atoms with Gasteiger partial charge in [0.05, 0.1) is 24.0 Å². The first-order valence-electron chi connectivity index (χ1n) is 13.5. The van der Waals surface area contributed by atoms with Gasteiger partial charge in [0.1, 0.15) is 0 Å². The van der Waals surface area contributed by atoms with E-state index in [2.05, 4.69) is 28.6 Å². The third-order valence-corrected chi connectivity index (χ3v) is 7.26. The smallest absolute Gasteiger partial charge is 0.359 e. The second kappa shape index (κ2) is 11.0. The van der Waals surface area contributed by atoms with Gasteiger partial charge < -0.3 is 10.1 Å². The van der Waals surface area contributed by atoms with E-state index in [1.54, 1.807) is 23.7 Å². The van der Waals surface area contributed by atoms with Gasteiger partial charge in [-0.15, -0.1) is 0 Å². The van der Waals surface area contributed by atoms with Gasteiger partial charge in [0.15, 0.2) is 5.69 Å². The molecule has 0 radical (unpaired) electrons. The van der Waals surface area contributed by atoms with Gasteiger partial charge >= 0.3 is 5.97 Å². The molecule has 6 nitrogen and oxygen atoms in total. The van der Waals surface area contributed by atoms with Crippen molar-refractivity contribution in [2.45, 2.75) is 25.8 Å². The third kappa shape index (κ3) is 4.92. The Labute approximate surface area is 233 Å².